The molecule has 2 unspecified atom stereocenters. The van der Waals surface area contributed by atoms with Crippen molar-refractivity contribution in [3.05, 3.63) is 28.3 Å². The van der Waals surface area contributed by atoms with Gasteiger partial charge in [-0.3, -0.25) is 4.79 Å². The van der Waals surface area contributed by atoms with Crippen molar-refractivity contribution in [2.75, 3.05) is 26.9 Å². The van der Waals surface area contributed by atoms with Crippen molar-refractivity contribution in [3.63, 3.8) is 0 Å². The Morgan fingerprint density at radius 2 is 2.08 bits per heavy atom. The first-order valence-electron chi connectivity index (χ1n) is 9.08. The highest BCUT2D eigenvalue weighted by Crippen LogP contribution is 2.37. The molecule has 1 aliphatic carbocycles. The summed E-state index contributed by atoms with van der Waals surface area (Å²) in [7, 11) is 1.61. The van der Waals surface area contributed by atoms with E-state index >= 15 is 0 Å². The summed E-state index contributed by atoms with van der Waals surface area (Å²) in [6.45, 7) is 6.67. The van der Waals surface area contributed by atoms with Crippen molar-refractivity contribution in [1.82, 2.24) is 5.32 Å². The Balaban J connectivity index is 2.15. The summed E-state index contributed by atoms with van der Waals surface area (Å²) < 4.78 is 10.4. The molecule has 2 N–H and O–H groups in total. The van der Waals surface area contributed by atoms with E-state index in [1.165, 1.54) is 11.1 Å². The normalized spacial score (nSPS) is 17.3. The predicted molar refractivity (Wildman–Crippen MR) is 98.6 cm³/mol. The second kappa shape index (κ2) is 9.03. The molecule has 1 aliphatic rings. The van der Waals surface area contributed by atoms with Crippen LogP contribution < -0.4 is 10.1 Å². The van der Waals surface area contributed by atoms with E-state index in [0.29, 0.717) is 18.9 Å². The summed E-state index contributed by atoms with van der Waals surface area (Å²) in [6.07, 6.45) is 2.72. The number of hydrogen-bond donors (Lipinski definition) is 2. The maximum absolute atomic E-state index is 12.4. The molecule has 0 aliphatic heterocycles. The maximum Gasteiger partial charge on any atom is 0.341 e. The van der Waals surface area contributed by atoms with Gasteiger partial charge in [0.1, 0.15) is 5.75 Å². The van der Waals surface area contributed by atoms with E-state index in [4.69, 9.17) is 14.6 Å². The number of hydrogen-bond acceptors (Lipinski definition) is 4. The van der Waals surface area contributed by atoms with Crippen molar-refractivity contribution in [3.8, 4) is 5.75 Å². The Morgan fingerprint density at radius 3 is 2.73 bits per heavy atom. The minimum atomic E-state index is -0.987. The fourth-order valence-electron chi connectivity index (χ4n) is 3.69. The zero-order chi connectivity index (χ0) is 19.3. The summed E-state index contributed by atoms with van der Waals surface area (Å²) in [6, 6.07) is 1.93. The molecule has 0 bridgehead atoms. The average molecular weight is 363 g/mol. The molecule has 2 atom stereocenters. The standard InChI is InChI=1S/C20H29NO5/c1-12-9-18(26-11-19(22)23)14(3)17-10-15(5-6-16(12)17)13(2)20(24)21-7-8-25-4/h9,13,15H,5-8,10-11H2,1-4H3,(H,21,24)(H,22,23). The van der Waals surface area contributed by atoms with Gasteiger partial charge in [-0.25, -0.2) is 4.79 Å². The molecule has 26 heavy (non-hydrogen) atoms. The van der Waals surface area contributed by atoms with Crippen LogP contribution in [0.15, 0.2) is 6.07 Å². The van der Waals surface area contributed by atoms with Gasteiger partial charge < -0.3 is 19.9 Å². The lowest BCUT2D eigenvalue weighted by atomic mass is 9.74. The molecular weight excluding hydrogens is 334 g/mol. The third-order valence-corrected chi connectivity index (χ3v) is 5.32. The second-order valence-electron chi connectivity index (χ2n) is 7.03. The highest BCUT2D eigenvalue weighted by atomic mass is 16.5. The third-order valence-electron chi connectivity index (χ3n) is 5.32. The van der Waals surface area contributed by atoms with E-state index in [1.807, 2.05) is 26.8 Å². The van der Waals surface area contributed by atoms with Gasteiger partial charge in [0.05, 0.1) is 6.61 Å². The predicted octanol–water partition coefficient (Wildman–Crippen LogP) is 2.27. The van der Waals surface area contributed by atoms with Crippen LogP contribution in [0, 0.1) is 25.7 Å². The Bertz CT molecular complexity index is 671. The van der Waals surface area contributed by atoms with Crippen molar-refractivity contribution >= 4 is 11.9 Å². The number of amides is 1. The first-order valence-corrected chi connectivity index (χ1v) is 9.08. The molecule has 0 saturated heterocycles. The monoisotopic (exact) mass is 363 g/mol. The lowest BCUT2D eigenvalue weighted by molar-refractivity contribution is -0.139. The number of aliphatic carboxylic acids is 1. The number of carboxylic acids is 1. The van der Waals surface area contributed by atoms with Gasteiger partial charge in [0.15, 0.2) is 6.61 Å². The highest BCUT2D eigenvalue weighted by molar-refractivity contribution is 5.78. The van der Waals surface area contributed by atoms with Crippen LogP contribution >= 0.6 is 0 Å². The molecule has 144 valence electrons. The third kappa shape index (κ3) is 4.75. The fraction of sp³-hybridized carbons (Fsp3) is 0.600. The fourth-order valence-corrected chi connectivity index (χ4v) is 3.69. The van der Waals surface area contributed by atoms with Gasteiger partial charge in [-0.15, -0.1) is 0 Å². The molecule has 0 radical (unpaired) electrons. The van der Waals surface area contributed by atoms with Crippen molar-refractivity contribution < 1.29 is 24.2 Å². The quantitative estimate of drug-likeness (QED) is 0.692. The number of carbonyl (C=O) groups is 2. The number of rotatable bonds is 8. The second-order valence-corrected chi connectivity index (χ2v) is 7.03. The van der Waals surface area contributed by atoms with Crippen LogP contribution in [-0.2, 0) is 27.2 Å². The molecule has 1 amide bonds. The molecular formula is C20H29NO5. The van der Waals surface area contributed by atoms with Gasteiger partial charge in [0.2, 0.25) is 5.91 Å². The number of nitrogens with one attached hydrogen (secondary N) is 1. The van der Waals surface area contributed by atoms with Gasteiger partial charge >= 0.3 is 5.97 Å². The SMILES string of the molecule is COCCNC(=O)C(C)C1CCc2c(C)cc(OCC(=O)O)c(C)c2C1. The van der Waals surface area contributed by atoms with E-state index in [1.54, 1.807) is 7.11 Å². The van der Waals surface area contributed by atoms with Crippen LogP contribution in [0.1, 0.15) is 35.6 Å². The molecule has 0 fully saturated rings. The molecule has 0 heterocycles. The van der Waals surface area contributed by atoms with Gasteiger partial charge in [-0.1, -0.05) is 6.92 Å². The lowest BCUT2D eigenvalue weighted by Gasteiger charge is -2.31. The zero-order valence-corrected chi connectivity index (χ0v) is 16.1. The highest BCUT2D eigenvalue weighted by Gasteiger charge is 2.30. The zero-order valence-electron chi connectivity index (χ0n) is 16.1. The minimum absolute atomic E-state index is 0.0585. The molecule has 1 aromatic rings. The number of fused-ring (bicyclic) bond motifs is 1. The van der Waals surface area contributed by atoms with Crippen LogP contribution in [0.25, 0.3) is 0 Å². The largest absolute Gasteiger partial charge is 0.482 e. The van der Waals surface area contributed by atoms with Crippen LogP contribution in [0.5, 0.6) is 5.75 Å². The number of benzene rings is 1. The number of methoxy groups -OCH3 is 1. The van der Waals surface area contributed by atoms with Gasteiger partial charge in [-0.05, 0) is 67.3 Å². The van der Waals surface area contributed by atoms with Gasteiger partial charge in [0.25, 0.3) is 0 Å². The van der Waals surface area contributed by atoms with E-state index in [-0.39, 0.29) is 24.3 Å². The van der Waals surface area contributed by atoms with E-state index < -0.39 is 5.97 Å². The lowest BCUT2D eigenvalue weighted by Crippen LogP contribution is -2.37. The van der Waals surface area contributed by atoms with Crippen molar-refractivity contribution in [2.24, 2.45) is 11.8 Å². The summed E-state index contributed by atoms with van der Waals surface area (Å²) in [5, 5.41) is 11.8. The van der Waals surface area contributed by atoms with Crippen molar-refractivity contribution in [1.29, 1.82) is 0 Å². The summed E-state index contributed by atoms with van der Waals surface area (Å²) >= 11 is 0. The van der Waals surface area contributed by atoms with E-state index in [9.17, 15) is 9.59 Å². The average Bonchev–Trinajstić information content (AvgIpc) is 2.62. The molecule has 0 spiro atoms. The smallest absolute Gasteiger partial charge is 0.341 e. The van der Waals surface area contributed by atoms with Crippen LogP contribution in [0.2, 0.25) is 0 Å². The number of carboxylic acid groups (broad SMARTS) is 1. The summed E-state index contributed by atoms with van der Waals surface area (Å²) in [4.78, 5) is 23.2. The topological polar surface area (TPSA) is 84.9 Å². The molecule has 1 aromatic carbocycles. The number of ether oxygens (including phenoxy) is 2. The van der Waals surface area contributed by atoms with Crippen LogP contribution in [0.3, 0.4) is 0 Å². The Labute approximate surface area is 154 Å². The summed E-state index contributed by atoms with van der Waals surface area (Å²) in [5.41, 5.74) is 4.64. The van der Waals surface area contributed by atoms with Crippen LogP contribution in [0.4, 0.5) is 0 Å². The Morgan fingerprint density at radius 1 is 1.35 bits per heavy atom. The van der Waals surface area contributed by atoms with Gasteiger partial charge in [-0.2, -0.15) is 0 Å². The van der Waals surface area contributed by atoms with Crippen molar-refractivity contribution in [2.45, 2.75) is 40.0 Å². The maximum atomic E-state index is 12.4. The Kier molecular flexibility index (Phi) is 7.03. The molecule has 0 aromatic heterocycles. The van der Waals surface area contributed by atoms with Gasteiger partial charge in [0, 0.05) is 19.6 Å². The molecule has 6 heteroatoms. The first kappa shape index (κ1) is 20.2. The first-order chi connectivity index (χ1) is 12.3. The number of aryl methyl sites for hydroxylation is 1. The molecule has 6 nitrogen and oxygen atoms in total. The number of carbonyl (C=O) groups excluding carboxylic acids is 1. The minimum Gasteiger partial charge on any atom is -0.482 e. The van der Waals surface area contributed by atoms with E-state index in [2.05, 4.69) is 5.32 Å². The van der Waals surface area contributed by atoms with Crippen LogP contribution in [-0.4, -0.2) is 43.9 Å². The summed E-state index contributed by atoms with van der Waals surface area (Å²) in [5.74, 6) is -0.121. The molecule has 2 rings (SSSR count). The molecule has 0 saturated carbocycles. The van der Waals surface area contributed by atoms with E-state index in [0.717, 1.165) is 30.4 Å². The Hall–Kier alpha value is -2.08.